The summed E-state index contributed by atoms with van der Waals surface area (Å²) < 4.78 is 8.93. The Kier molecular flexibility index (Phi) is 5.62. The van der Waals surface area contributed by atoms with Crippen LogP contribution < -0.4 is 5.32 Å². The molecule has 29 heavy (non-hydrogen) atoms. The fourth-order valence-electron chi connectivity index (χ4n) is 3.11. The highest BCUT2D eigenvalue weighted by Crippen LogP contribution is 2.21. The molecule has 0 bridgehead atoms. The van der Waals surface area contributed by atoms with Gasteiger partial charge in [0.25, 0.3) is 5.91 Å². The van der Waals surface area contributed by atoms with Crippen LogP contribution in [0.4, 0.5) is 0 Å². The summed E-state index contributed by atoms with van der Waals surface area (Å²) in [6.45, 7) is 1.79. The number of fused-ring (bicyclic) bond motifs is 1. The number of imidazole rings is 2. The van der Waals surface area contributed by atoms with Gasteiger partial charge < -0.3 is 14.6 Å². The molecule has 0 unspecified atom stereocenters. The molecule has 0 aliphatic carbocycles. The lowest BCUT2D eigenvalue weighted by Crippen LogP contribution is -2.26. The molecule has 4 aromatic rings. The summed E-state index contributed by atoms with van der Waals surface area (Å²) in [5.41, 5.74) is 2.76. The van der Waals surface area contributed by atoms with Gasteiger partial charge in [0.15, 0.2) is 11.5 Å². The van der Waals surface area contributed by atoms with Crippen LogP contribution in [0.15, 0.2) is 61.3 Å². The van der Waals surface area contributed by atoms with Crippen molar-refractivity contribution < 1.29 is 9.53 Å². The summed E-state index contributed by atoms with van der Waals surface area (Å²) in [4.78, 5) is 26.1. The number of nitrogens with zero attached hydrogens (tertiary/aromatic N) is 5. The van der Waals surface area contributed by atoms with Gasteiger partial charge in [-0.2, -0.15) is 0 Å². The van der Waals surface area contributed by atoms with Gasteiger partial charge in [0.1, 0.15) is 5.69 Å². The summed E-state index contributed by atoms with van der Waals surface area (Å²) in [5.74, 6) is 0.418. The molecule has 4 heterocycles. The molecule has 0 aromatic carbocycles. The van der Waals surface area contributed by atoms with Crippen molar-refractivity contribution in [2.24, 2.45) is 0 Å². The number of nitrogens with one attached hydrogen (secondary N) is 1. The Morgan fingerprint density at radius 1 is 1.17 bits per heavy atom. The van der Waals surface area contributed by atoms with Crippen LogP contribution >= 0.6 is 0 Å². The van der Waals surface area contributed by atoms with Gasteiger partial charge in [-0.25, -0.2) is 9.97 Å². The van der Waals surface area contributed by atoms with Gasteiger partial charge in [-0.1, -0.05) is 12.1 Å². The van der Waals surface area contributed by atoms with E-state index in [9.17, 15) is 4.79 Å². The first-order valence-electron chi connectivity index (χ1n) is 9.42. The van der Waals surface area contributed by atoms with Crippen LogP contribution in [-0.2, 0) is 17.7 Å². The van der Waals surface area contributed by atoms with Crippen LogP contribution in [-0.4, -0.2) is 50.1 Å². The number of pyridine rings is 2. The predicted octanol–water partition coefficient (Wildman–Crippen LogP) is 2.21. The number of methoxy groups -OCH3 is 1. The third-order valence-electron chi connectivity index (χ3n) is 4.57. The molecule has 1 N–H and O–H groups in total. The summed E-state index contributed by atoms with van der Waals surface area (Å²) >= 11 is 0. The van der Waals surface area contributed by atoms with E-state index in [1.807, 2.05) is 57.8 Å². The Hall–Kier alpha value is -3.52. The molecule has 4 aromatic heterocycles. The summed E-state index contributed by atoms with van der Waals surface area (Å²) in [5, 5.41) is 2.94. The van der Waals surface area contributed by atoms with Gasteiger partial charge in [-0.3, -0.25) is 14.2 Å². The van der Waals surface area contributed by atoms with E-state index in [4.69, 9.17) is 4.74 Å². The molecule has 8 nitrogen and oxygen atoms in total. The van der Waals surface area contributed by atoms with E-state index in [0.29, 0.717) is 43.3 Å². The molecule has 8 heteroatoms. The zero-order chi connectivity index (χ0) is 20.1. The fourth-order valence-corrected chi connectivity index (χ4v) is 3.11. The van der Waals surface area contributed by atoms with E-state index in [2.05, 4.69) is 20.3 Å². The van der Waals surface area contributed by atoms with E-state index in [1.165, 1.54) is 0 Å². The average molecular weight is 390 g/mol. The van der Waals surface area contributed by atoms with Crippen molar-refractivity contribution >= 4 is 11.4 Å². The second-order valence-electron chi connectivity index (χ2n) is 6.56. The molecule has 4 rings (SSSR count). The topological polar surface area (TPSA) is 86.3 Å². The van der Waals surface area contributed by atoms with Gasteiger partial charge in [-0.05, 0) is 24.3 Å². The minimum Gasteiger partial charge on any atom is -0.383 e. The van der Waals surface area contributed by atoms with Crippen LogP contribution in [0, 0.1) is 0 Å². The summed E-state index contributed by atoms with van der Waals surface area (Å²) in [6.07, 6.45) is 7.94. The quantitative estimate of drug-likeness (QED) is 0.499. The Balaban J connectivity index is 1.55. The number of carbonyl (C=O) groups excluding carboxylic acids is 1. The number of rotatable bonds is 8. The highest BCUT2D eigenvalue weighted by Gasteiger charge is 2.19. The molecule has 0 aliphatic heterocycles. The van der Waals surface area contributed by atoms with Crippen LogP contribution in [0.1, 0.15) is 16.2 Å². The number of aromatic nitrogens is 5. The molecule has 148 valence electrons. The second kappa shape index (κ2) is 8.66. The minimum absolute atomic E-state index is 0.213. The van der Waals surface area contributed by atoms with Crippen molar-refractivity contribution in [3.8, 4) is 11.5 Å². The lowest BCUT2D eigenvalue weighted by Gasteiger charge is -2.03. The molecule has 0 fully saturated rings. The normalized spacial score (nSPS) is 11.1. The fraction of sp³-hybridized carbons (Fsp3) is 0.238. The Bertz CT molecular complexity index is 1100. The van der Waals surface area contributed by atoms with Crippen molar-refractivity contribution in [3.63, 3.8) is 0 Å². The molecule has 0 aliphatic rings. The molecule has 0 saturated carbocycles. The Morgan fingerprint density at radius 2 is 2.07 bits per heavy atom. The highest BCUT2D eigenvalue weighted by atomic mass is 16.5. The lowest BCUT2D eigenvalue weighted by molar-refractivity contribution is 0.0951. The third-order valence-corrected chi connectivity index (χ3v) is 4.57. The van der Waals surface area contributed by atoms with E-state index in [-0.39, 0.29) is 5.91 Å². The van der Waals surface area contributed by atoms with Crippen LogP contribution in [0.25, 0.3) is 17.0 Å². The molecule has 0 saturated heterocycles. The molecule has 0 spiro atoms. The molecular formula is C21H22N6O2. The van der Waals surface area contributed by atoms with Crippen LogP contribution in [0.2, 0.25) is 0 Å². The third kappa shape index (κ3) is 4.17. The van der Waals surface area contributed by atoms with Gasteiger partial charge in [0.05, 0.1) is 18.5 Å². The zero-order valence-corrected chi connectivity index (χ0v) is 16.2. The van der Waals surface area contributed by atoms with Crippen molar-refractivity contribution in [1.29, 1.82) is 0 Å². The molecular weight excluding hydrogens is 368 g/mol. The highest BCUT2D eigenvalue weighted by molar-refractivity contribution is 5.99. The van der Waals surface area contributed by atoms with Crippen molar-refractivity contribution in [1.82, 2.24) is 29.2 Å². The van der Waals surface area contributed by atoms with Crippen molar-refractivity contribution in [2.75, 3.05) is 20.3 Å². The Labute approximate surface area is 168 Å². The largest absolute Gasteiger partial charge is 0.383 e. The van der Waals surface area contributed by atoms with Gasteiger partial charge in [-0.15, -0.1) is 0 Å². The van der Waals surface area contributed by atoms with Gasteiger partial charge in [0.2, 0.25) is 0 Å². The smallest absolute Gasteiger partial charge is 0.272 e. The van der Waals surface area contributed by atoms with Crippen LogP contribution in [0.5, 0.6) is 0 Å². The van der Waals surface area contributed by atoms with Gasteiger partial charge in [0, 0.05) is 50.9 Å². The number of ether oxygens (including phenoxy) is 1. The molecule has 0 atom stereocenters. The average Bonchev–Trinajstić information content (AvgIpc) is 3.37. The minimum atomic E-state index is -0.213. The number of hydrogen-bond donors (Lipinski definition) is 1. The first-order chi connectivity index (χ1) is 14.3. The second-order valence-corrected chi connectivity index (χ2v) is 6.56. The van der Waals surface area contributed by atoms with E-state index in [1.54, 1.807) is 19.6 Å². The maximum absolute atomic E-state index is 12.8. The first kappa shape index (κ1) is 18.8. The lowest BCUT2D eigenvalue weighted by atomic mass is 10.2. The standard InChI is InChI=1S/C21H22N6O2/c1-29-13-12-26-14-17(24-15-26)20-25-19(18-7-3-5-11-27(18)20)21(28)23-10-8-16-6-2-4-9-22-16/h2-7,9,11,14-15H,8,10,12-13H2,1H3,(H,23,28). The van der Waals surface area contributed by atoms with E-state index < -0.39 is 0 Å². The van der Waals surface area contributed by atoms with Crippen molar-refractivity contribution in [2.45, 2.75) is 13.0 Å². The van der Waals surface area contributed by atoms with Crippen molar-refractivity contribution in [3.05, 3.63) is 72.7 Å². The molecule has 1 amide bonds. The number of carbonyl (C=O) groups is 1. The first-order valence-corrected chi connectivity index (χ1v) is 9.42. The summed E-state index contributed by atoms with van der Waals surface area (Å²) in [6, 6.07) is 11.4. The van der Waals surface area contributed by atoms with Gasteiger partial charge >= 0.3 is 0 Å². The monoisotopic (exact) mass is 390 g/mol. The van der Waals surface area contributed by atoms with E-state index in [0.717, 1.165) is 11.2 Å². The number of amides is 1. The Morgan fingerprint density at radius 3 is 2.90 bits per heavy atom. The summed E-state index contributed by atoms with van der Waals surface area (Å²) in [7, 11) is 1.67. The van der Waals surface area contributed by atoms with E-state index >= 15 is 0 Å². The van der Waals surface area contributed by atoms with Crippen LogP contribution in [0.3, 0.4) is 0 Å². The SMILES string of the molecule is COCCn1cnc(-c2nc(C(=O)NCCc3ccccn3)c3ccccn23)c1. The zero-order valence-electron chi connectivity index (χ0n) is 16.2. The number of hydrogen-bond acceptors (Lipinski definition) is 5. The maximum atomic E-state index is 12.8. The maximum Gasteiger partial charge on any atom is 0.272 e. The molecule has 0 radical (unpaired) electrons. The predicted molar refractivity (Wildman–Crippen MR) is 109 cm³/mol.